The standard InChI is InChI=1S/C16H34O9.2CH4O3S/c17-1-3-19-5-7-21-9-11-23-13-15-25-16-14-24-12-10-22-8-6-20-4-2-18;2*1-5(2,3)4/h17-18H,1-16H2;2*1H3,(H,2,3,4). The van der Waals surface area contributed by atoms with E-state index in [1.807, 2.05) is 0 Å². The molecule has 0 aromatic heterocycles. The van der Waals surface area contributed by atoms with Gasteiger partial charge in [-0.1, -0.05) is 0 Å². The molecule has 0 aliphatic carbocycles. The Kier molecular flexibility index (Phi) is 33.1. The van der Waals surface area contributed by atoms with Gasteiger partial charge in [0.25, 0.3) is 20.2 Å². The van der Waals surface area contributed by atoms with Gasteiger partial charge in [-0.15, -0.1) is 0 Å². The Morgan fingerprint density at radius 2 is 0.514 bits per heavy atom. The summed E-state index contributed by atoms with van der Waals surface area (Å²) >= 11 is 0. The molecule has 0 rings (SSSR count). The number of hydrogen-bond acceptors (Lipinski definition) is 13. The molecule has 0 aliphatic rings. The first-order valence-electron chi connectivity index (χ1n) is 10.5. The Morgan fingerprint density at radius 1 is 0.400 bits per heavy atom. The molecule has 0 bridgehead atoms. The summed E-state index contributed by atoms with van der Waals surface area (Å²) in [4.78, 5) is 0. The zero-order valence-corrected chi connectivity index (χ0v) is 22.0. The fourth-order valence-corrected chi connectivity index (χ4v) is 1.55. The van der Waals surface area contributed by atoms with Crippen molar-refractivity contribution in [3.63, 3.8) is 0 Å². The molecule has 0 amide bonds. The van der Waals surface area contributed by atoms with Gasteiger partial charge >= 0.3 is 0 Å². The first-order chi connectivity index (χ1) is 16.4. The summed E-state index contributed by atoms with van der Waals surface area (Å²) in [6.07, 6.45) is 1.43. The smallest absolute Gasteiger partial charge is 0.261 e. The van der Waals surface area contributed by atoms with Crippen LogP contribution >= 0.6 is 0 Å². The fourth-order valence-electron chi connectivity index (χ4n) is 1.55. The summed E-state index contributed by atoms with van der Waals surface area (Å²) in [6.45, 7) is 6.80. The van der Waals surface area contributed by atoms with Crippen LogP contribution in [0.25, 0.3) is 0 Å². The second kappa shape index (κ2) is 29.7. The average molecular weight is 563 g/mol. The van der Waals surface area contributed by atoms with Crippen molar-refractivity contribution in [3.8, 4) is 0 Å². The van der Waals surface area contributed by atoms with Gasteiger partial charge in [-0.3, -0.25) is 9.11 Å². The van der Waals surface area contributed by atoms with E-state index in [0.29, 0.717) is 105 Å². The maximum atomic E-state index is 9.19. The second-order valence-corrected chi connectivity index (χ2v) is 9.13. The fraction of sp³-hybridized carbons (Fsp3) is 1.00. The molecule has 0 heterocycles. The SMILES string of the molecule is CS(=O)(=O)O.CS(=O)(=O)O.OCCOCCOCCOCCOCCOCCOCCOCCO. The third-order valence-electron chi connectivity index (χ3n) is 2.70. The molecular weight excluding hydrogens is 520 g/mol. The molecule has 0 aromatic carbocycles. The minimum absolute atomic E-state index is 0.0312. The van der Waals surface area contributed by atoms with Crippen LogP contribution < -0.4 is 0 Å². The van der Waals surface area contributed by atoms with Gasteiger partial charge in [0.1, 0.15) is 0 Å². The molecule has 0 aliphatic heterocycles. The largest absolute Gasteiger partial charge is 0.394 e. The molecule has 15 nitrogen and oxygen atoms in total. The van der Waals surface area contributed by atoms with Gasteiger partial charge in [-0.2, -0.15) is 16.8 Å². The summed E-state index contributed by atoms with van der Waals surface area (Å²) in [5.74, 6) is 0. The van der Waals surface area contributed by atoms with E-state index in [1.54, 1.807) is 0 Å². The molecule has 0 radical (unpaired) electrons. The maximum Gasteiger partial charge on any atom is 0.261 e. The molecule has 0 saturated carbocycles. The highest BCUT2D eigenvalue weighted by molar-refractivity contribution is 7.85. The summed E-state index contributed by atoms with van der Waals surface area (Å²) in [6, 6.07) is 0. The van der Waals surface area contributed by atoms with E-state index >= 15 is 0 Å². The molecule has 0 atom stereocenters. The van der Waals surface area contributed by atoms with Gasteiger partial charge in [0.15, 0.2) is 0 Å². The lowest BCUT2D eigenvalue weighted by Gasteiger charge is -2.08. The van der Waals surface area contributed by atoms with Crippen molar-refractivity contribution < 1.29 is 69.3 Å². The normalized spacial score (nSPS) is 11.4. The number of ether oxygens (including phenoxy) is 7. The van der Waals surface area contributed by atoms with E-state index in [9.17, 15) is 16.8 Å². The molecule has 0 aromatic rings. The van der Waals surface area contributed by atoms with E-state index in [2.05, 4.69) is 0 Å². The molecule has 0 unspecified atom stereocenters. The van der Waals surface area contributed by atoms with Crippen LogP contribution in [-0.2, 0) is 53.4 Å². The zero-order valence-electron chi connectivity index (χ0n) is 20.4. The maximum absolute atomic E-state index is 9.19. The summed E-state index contributed by atoms with van der Waals surface area (Å²) in [5.41, 5.74) is 0. The first-order valence-corrected chi connectivity index (χ1v) is 14.2. The second-order valence-electron chi connectivity index (χ2n) is 6.20. The highest BCUT2D eigenvalue weighted by Crippen LogP contribution is 1.85. The van der Waals surface area contributed by atoms with Crippen molar-refractivity contribution >= 4 is 20.2 Å². The minimum Gasteiger partial charge on any atom is -0.394 e. The Hall–Kier alpha value is -0.540. The van der Waals surface area contributed by atoms with Gasteiger partial charge < -0.3 is 43.4 Å². The highest BCUT2D eigenvalue weighted by Gasteiger charge is 1.94. The predicted octanol–water partition coefficient (Wildman–Crippen LogP) is -1.90. The van der Waals surface area contributed by atoms with Crippen LogP contribution in [0.3, 0.4) is 0 Å². The number of hydrogen-bond donors (Lipinski definition) is 4. The van der Waals surface area contributed by atoms with Gasteiger partial charge in [-0.25, -0.2) is 0 Å². The third-order valence-corrected chi connectivity index (χ3v) is 2.70. The van der Waals surface area contributed by atoms with Crippen LogP contribution in [0.5, 0.6) is 0 Å². The predicted molar refractivity (Wildman–Crippen MR) is 125 cm³/mol. The first kappa shape index (κ1) is 39.0. The lowest BCUT2D eigenvalue weighted by molar-refractivity contribution is -0.0223. The molecule has 0 saturated heterocycles. The van der Waals surface area contributed by atoms with Crippen LogP contribution in [0.1, 0.15) is 0 Å². The lowest BCUT2D eigenvalue weighted by Crippen LogP contribution is -2.14. The Balaban J connectivity index is -0.000000853. The monoisotopic (exact) mass is 562 g/mol. The van der Waals surface area contributed by atoms with Crippen molar-refractivity contribution in [1.82, 2.24) is 0 Å². The molecule has 0 fully saturated rings. The lowest BCUT2D eigenvalue weighted by atomic mass is 10.6. The molecule has 35 heavy (non-hydrogen) atoms. The van der Waals surface area contributed by atoms with Crippen LogP contribution in [0, 0.1) is 0 Å². The summed E-state index contributed by atoms with van der Waals surface area (Å²) < 4.78 is 88.4. The molecule has 17 heteroatoms. The van der Waals surface area contributed by atoms with Crippen molar-refractivity contribution in [1.29, 1.82) is 0 Å². The molecule has 216 valence electrons. The van der Waals surface area contributed by atoms with Crippen molar-refractivity contribution in [2.24, 2.45) is 0 Å². The number of aliphatic hydroxyl groups excluding tert-OH is 2. The van der Waals surface area contributed by atoms with E-state index in [1.165, 1.54) is 0 Å². The third kappa shape index (κ3) is 71.9. The summed E-state index contributed by atoms with van der Waals surface area (Å²) in [7, 11) is -7.33. The quantitative estimate of drug-likeness (QED) is 0.0837. The molecule has 4 N–H and O–H groups in total. The Morgan fingerprint density at radius 3 is 0.629 bits per heavy atom. The zero-order chi connectivity index (χ0) is 27.3. The van der Waals surface area contributed by atoms with E-state index < -0.39 is 20.2 Å². The molecule has 0 spiro atoms. The average Bonchev–Trinajstić information content (AvgIpc) is 2.72. The topological polar surface area (TPSA) is 214 Å². The summed E-state index contributed by atoms with van der Waals surface area (Å²) in [5, 5.41) is 17.0. The van der Waals surface area contributed by atoms with Crippen molar-refractivity contribution in [3.05, 3.63) is 0 Å². The Labute approximate surface area is 208 Å². The van der Waals surface area contributed by atoms with Gasteiger partial charge in [0.05, 0.1) is 118 Å². The van der Waals surface area contributed by atoms with E-state index in [0.717, 1.165) is 0 Å². The van der Waals surface area contributed by atoms with E-state index in [-0.39, 0.29) is 13.2 Å². The van der Waals surface area contributed by atoms with Crippen molar-refractivity contribution in [2.75, 3.05) is 118 Å². The van der Waals surface area contributed by atoms with Gasteiger partial charge in [-0.05, 0) is 0 Å². The number of aliphatic hydroxyl groups is 2. The van der Waals surface area contributed by atoms with Crippen LogP contribution in [0.4, 0.5) is 0 Å². The minimum atomic E-state index is -3.67. The van der Waals surface area contributed by atoms with Crippen LogP contribution in [0.2, 0.25) is 0 Å². The van der Waals surface area contributed by atoms with E-state index in [4.69, 9.17) is 52.5 Å². The van der Waals surface area contributed by atoms with Gasteiger partial charge in [0, 0.05) is 0 Å². The highest BCUT2D eigenvalue weighted by atomic mass is 32.2. The Bertz CT molecular complexity index is 531. The van der Waals surface area contributed by atoms with Gasteiger partial charge in [0.2, 0.25) is 0 Å². The van der Waals surface area contributed by atoms with Crippen LogP contribution in [0.15, 0.2) is 0 Å². The number of rotatable bonds is 22. The molecular formula is C18H42O15S2. The van der Waals surface area contributed by atoms with Crippen LogP contribution in [-0.4, -0.2) is 154 Å². The van der Waals surface area contributed by atoms with Crippen molar-refractivity contribution in [2.45, 2.75) is 0 Å².